The summed E-state index contributed by atoms with van der Waals surface area (Å²) >= 11 is 0. The van der Waals surface area contributed by atoms with Crippen molar-refractivity contribution in [2.75, 3.05) is 0 Å². The average Bonchev–Trinajstić information content (AvgIpc) is 2.40. The first-order valence-corrected chi connectivity index (χ1v) is 5.70. The lowest BCUT2D eigenvalue weighted by Gasteiger charge is -2.07. The van der Waals surface area contributed by atoms with Crippen molar-refractivity contribution in [3.05, 3.63) is 58.3 Å². The first-order valence-electron chi connectivity index (χ1n) is 5.70. The number of benzene rings is 1. The van der Waals surface area contributed by atoms with E-state index in [1.807, 2.05) is 13.0 Å². The Labute approximate surface area is 110 Å². The molecule has 0 aliphatic heterocycles. The number of hydrogen-bond donors (Lipinski definition) is 1. The van der Waals surface area contributed by atoms with Gasteiger partial charge in [0.2, 0.25) is 5.88 Å². The molecule has 1 atom stereocenters. The van der Waals surface area contributed by atoms with Gasteiger partial charge in [-0.2, -0.15) is 0 Å². The first kappa shape index (κ1) is 13.0. The van der Waals surface area contributed by atoms with Gasteiger partial charge in [-0.25, -0.2) is 4.98 Å². The summed E-state index contributed by atoms with van der Waals surface area (Å²) in [7, 11) is 0. The van der Waals surface area contributed by atoms with E-state index in [9.17, 15) is 10.1 Å². The largest absolute Gasteiger partial charge is 0.439 e. The number of nitrogens with two attached hydrogens (primary N) is 1. The topological polar surface area (TPSA) is 91.3 Å². The number of hydrogen-bond acceptors (Lipinski definition) is 5. The molecule has 6 nitrogen and oxygen atoms in total. The number of rotatable bonds is 4. The highest BCUT2D eigenvalue weighted by molar-refractivity contribution is 5.37. The molecule has 0 bridgehead atoms. The van der Waals surface area contributed by atoms with Gasteiger partial charge in [0.25, 0.3) is 5.69 Å². The Kier molecular flexibility index (Phi) is 3.72. The van der Waals surface area contributed by atoms with Crippen LogP contribution in [0.15, 0.2) is 42.6 Å². The summed E-state index contributed by atoms with van der Waals surface area (Å²) in [5, 5.41) is 10.5. The van der Waals surface area contributed by atoms with E-state index in [1.54, 1.807) is 12.3 Å². The molecule has 0 aliphatic carbocycles. The summed E-state index contributed by atoms with van der Waals surface area (Å²) in [5.74, 6) is 0.907. The highest BCUT2D eigenvalue weighted by Crippen LogP contribution is 2.22. The summed E-state index contributed by atoms with van der Waals surface area (Å²) in [6.07, 6.45) is 1.64. The molecule has 0 saturated carbocycles. The van der Waals surface area contributed by atoms with Gasteiger partial charge in [-0.05, 0) is 24.6 Å². The Morgan fingerprint density at radius 2 is 1.95 bits per heavy atom. The molecule has 0 spiro atoms. The molecule has 98 valence electrons. The Morgan fingerprint density at radius 1 is 1.26 bits per heavy atom. The summed E-state index contributed by atoms with van der Waals surface area (Å²) in [6, 6.07) is 9.27. The molecule has 0 fully saturated rings. The van der Waals surface area contributed by atoms with E-state index >= 15 is 0 Å². The second-order valence-electron chi connectivity index (χ2n) is 4.07. The molecule has 0 unspecified atom stereocenters. The van der Waals surface area contributed by atoms with Crippen molar-refractivity contribution in [1.29, 1.82) is 0 Å². The van der Waals surface area contributed by atoms with Crippen LogP contribution in [0.4, 0.5) is 5.69 Å². The van der Waals surface area contributed by atoms with Crippen molar-refractivity contribution in [1.82, 2.24) is 4.98 Å². The SMILES string of the molecule is C[C@@H](N)c1ccc(Oc2ccc([N+](=O)[O-])cc2)nc1. The minimum Gasteiger partial charge on any atom is -0.439 e. The lowest BCUT2D eigenvalue weighted by Crippen LogP contribution is -2.05. The van der Waals surface area contributed by atoms with Gasteiger partial charge in [-0.1, -0.05) is 6.07 Å². The van der Waals surface area contributed by atoms with Crippen LogP contribution < -0.4 is 10.5 Å². The van der Waals surface area contributed by atoms with Crippen LogP contribution in [-0.4, -0.2) is 9.91 Å². The van der Waals surface area contributed by atoms with Gasteiger partial charge in [0.1, 0.15) is 5.75 Å². The third-order valence-electron chi connectivity index (χ3n) is 2.55. The van der Waals surface area contributed by atoms with Crippen LogP contribution in [-0.2, 0) is 0 Å². The Bertz CT molecular complexity index is 565. The van der Waals surface area contributed by atoms with Crippen molar-refractivity contribution in [3.8, 4) is 11.6 Å². The zero-order valence-electron chi connectivity index (χ0n) is 10.3. The maximum atomic E-state index is 10.5. The van der Waals surface area contributed by atoms with Gasteiger partial charge in [0.05, 0.1) is 4.92 Å². The fourth-order valence-corrected chi connectivity index (χ4v) is 1.48. The predicted octanol–water partition coefficient (Wildman–Crippen LogP) is 2.80. The van der Waals surface area contributed by atoms with E-state index in [-0.39, 0.29) is 11.7 Å². The molecule has 1 heterocycles. The van der Waals surface area contributed by atoms with E-state index < -0.39 is 4.92 Å². The zero-order chi connectivity index (χ0) is 13.8. The molecule has 19 heavy (non-hydrogen) atoms. The molecular formula is C13H13N3O3. The first-order chi connectivity index (χ1) is 9.06. The van der Waals surface area contributed by atoms with Crippen LogP contribution >= 0.6 is 0 Å². The molecule has 0 amide bonds. The summed E-state index contributed by atoms with van der Waals surface area (Å²) in [4.78, 5) is 14.2. The molecule has 2 rings (SSSR count). The Hall–Kier alpha value is -2.47. The second-order valence-corrected chi connectivity index (χ2v) is 4.07. The van der Waals surface area contributed by atoms with Crippen LogP contribution in [0.3, 0.4) is 0 Å². The molecule has 1 aromatic heterocycles. The lowest BCUT2D eigenvalue weighted by atomic mass is 10.2. The highest BCUT2D eigenvalue weighted by atomic mass is 16.6. The minimum atomic E-state index is -0.459. The van der Waals surface area contributed by atoms with Crippen LogP contribution in [0.5, 0.6) is 11.6 Å². The number of non-ortho nitro benzene ring substituents is 1. The van der Waals surface area contributed by atoms with Gasteiger partial charge >= 0.3 is 0 Å². The molecule has 0 saturated heterocycles. The Balaban J connectivity index is 2.10. The quantitative estimate of drug-likeness (QED) is 0.673. The van der Waals surface area contributed by atoms with Crippen molar-refractivity contribution in [2.24, 2.45) is 5.73 Å². The van der Waals surface area contributed by atoms with E-state index in [2.05, 4.69) is 4.98 Å². The average molecular weight is 259 g/mol. The number of nitrogens with zero attached hydrogens (tertiary/aromatic N) is 2. The van der Waals surface area contributed by atoms with E-state index in [4.69, 9.17) is 10.5 Å². The van der Waals surface area contributed by atoms with Crippen LogP contribution in [0, 0.1) is 10.1 Å². The summed E-state index contributed by atoms with van der Waals surface area (Å²) in [6.45, 7) is 1.87. The predicted molar refractivity (Wildman–Crippen MR) is 70.0 cm³/mol. The molecule has 1 aromatic carbocycles. The van der Waals surface area contributed by atoms with E-state index in [1.165, 1.54) is 24.3 Å². The molecule has 0 radical (unpaired) electrons. The van der Waals surface area contributed by atoms with E-state index in [0.717, 1.165) is 5.56 Å². The maximum absolute atomic E-state index is 10.5. The van der Waals surface area contributed by atoms with Crippen molar-refractivity contribution in [2.45, 2.75) is 13.0 Å². The van der Waals surface area contributed by atoms with Crippen LogP contribution in [0.2, 0.25) is 0 Å². The smallest absolute Gasteiger partial charge is 0.269 e. The third kappa shape index (κ3) is 3.26. The fourth-order valence-electron chi connectivity index (χ4n) is 1.48. The second kappa shape index (κ2) is 5.45. The fraction of sp³-hybridized carbons (Fsp3) is 0.154. The number of ether oxygens (including phenoxy) is 1. The zero-order valence-corrected chi connectivity index (χ0v) is 10.3. The number of nitro benzene ring substituents is 1. The van der Waals surface area contributed by atoms with Gasteiger partial charge in [-0.15, -0.1) is 0 Å². The number of nitro groups is 1. The summed E-state index contributed by atoms with van der Waals surface area (Å²) < 4.78 is 5.47. The van der Waals surface area contributed by atoms with Crippen molar-refractivity contribution < 1.29 is 9.66 Å². The Morgan fingerprint density at radius 3 is 2.42 bits per heavy atom. The molecular weight excluding hydrogens is 246 g/mol. The van der Waals surface area contributed by atoms with Gasteiger partial charge in [-0.3, -0.25) is 10.1 Å². The number of aromatic nitrogens is 1. The molecule has 2 aromatic rings. The van der Waals surface area contributed by atoms with Crippen molar-refractivity contribution in [3.63, 3.8) is 0 Å². The number of pyridine rings is 1. The molecule has 0 aliphatic rings. The van der Waals surface area contributed by atoms with Gasteiger partial charge < -0.3 is 10.5 Å². The maximum Gasteiger partial charge on any atom is 0.269 e. The van der Waals surface area contributed by atoms with E-state index in [0.29, 0.717) is 11.6 Å². The monoisotopic (exact) mass is 259 g/mol. The highest BCUT2D eigenvalue weighted by Gasteiger charge is 2.06. The lowest BCUT2D eigenvalue weighted by molar-refractivity contribution is -0.384. The van der Waals surface area contributed by atoms with Gasteiger partial charge in [0.15, 0.2) is 0 Å². The standard InChI is InChI=1S/C13H13N3O3/c1-9(14)10-2-7-13(15-8-10)19-12-5-3-11(4-6-12)16(17)18/h2-9H,14H2,1H3/t9-/m1/s1. The van der Waals surface area contributed by atoms with Crippen LogP contribution in [0.1, 0.15) is 18.5 Å². The third-order valence-corrected chi connectivity index (χ3v) is 2.55. The molecule has 6 heteroatoms. The van der Waals surface area contributed by atoms with Gasteiger partial charge in [0, 0.05) is 30.4 Å². The summed E-state index contributed by atoms with van der Waals surface area (Å²) in [5.41, 5.74) is 6.65. The minimum absolute atomic E-state index is 0.0209. The van der Waals surface area contributed by atoms with Crippen molar-refractivity contribution >= 4 is 5.69 Å². The van der Waals surface area contributed by atoms with Crippen LogP contribution in [0.25, 0.3) is 0 Å². The molecule has 2 N–H and O–H groups in total. The normalized spacial score (nSPS) is 11.9.